The first-order valence-corrected chi connectivity index (χ1v) is 8.20. The minimum absolute atomic E-state index is 0.372. The number of nitriles is 1. The molecule has 0 radical (unpaired) electrons. The SMILES string of the molecule is CCC1(Cn2c(CCl)nc3ccc(C#N)cc32)CCCC1. The number of rotatable bonds is 4. The maximum atomic E-state index is 9.13. The third kappa shape index (κ3) is 2.53. The Morgan fingerprint density at radius 2 is 2.14 bits per heavy atom. The summed E-state index contributed by atoms with van der Waals surface area (Å²) >= 11 is 6.10. The average molecular weight is 302 g/mol. The zero-order chi connectivity index (χ0) is 14.9. The van der Waals surface area contributed by atoms with Crippen LogP contribution in [0.15, 0.2) is 18.2 Å². The molecule has 1 heterocycles. The van der Waals surface area contributed by atoms with Gasteiger partial charge in [0.1, 0.15) is 5.82 Å². The molecule has 2 aromatic rings. The van der Waals surface area contributed by atoms with Crippen LogP contribution in [0.1, 0.15) is 50.4 Å². The van der Waals surface area contributed by atoms with E-state index in [1.54, 1.807) is 0 Å². The van der Waals surface area contributed by atoms with Crippen LogP contribution in [0.4, 0.5) is 0 Å². The molecule has 1 fully saturated rings. The van der Waals surface area contributed by atoms with Crippen LogP contribution in [0.25, 0.3) is 11.0 Å². The molecule has 110 valence electrons. The van der Waals surface area contributed by atoms with Crippen LogP contribution in [0.3, 0.4) is 0 Å². The van der Waals surface area contributed by atoms with Gasteiger partial charge in [-0.25, -0.2) is 4.98 Å². The summed E-state index contributed by atoms with van der Waals surface area (Å²) in [5.41, 5.74) is 3.04. The van der Waals surface area contributed by atoms with E-state index in [4.69, 9.17) is 16.9 Å². The average Bonchev–Trinajstić information content (AvgIpc) is 3.12. The number of imidazole rings is 1. The molecular formula is C17H20ClN3. The van der Waals surface area contributed by atoms with Crippen molar-refractivity contribution in [2.24, 2.45) is 5.41 Å². The lowest BCUT2D eigenvalue weighted by molar-refractivity contribution is 0.238. The normalized spacial score (nSPS) is 17.2. The van der Waals surface area contributed by atoms with E-state index in [0.29, 0.717) is 16.9 Å². The molecule has 1 aliphatic rings. The van der Waals surface area contributed by atoms with E-state index in [-0.39, 0.29) is 0 Å². The summed E-state index contributed by atoms with van der Waals surface area (Å²) in [4.78, 5) is 4.64. The van der Waals surface area contributed by atoms with Crippen LogP contribution in [0, 0.1) is 16.7 Å². The van der Waals surface area contributed by atoms with E-state index in [2.05, 4.69) is 22.5 Å². The number of aromatic nitrogens is 2. The maximum absolute atomic E-state index is 9.13. The van der Waals surface area contributed by atoms with Crippen molar-refractivity contribution in [2.45, 2.75) is 51.5 Å². The van der Waals surface area contributed by atoms with Gasteiger partial charge in [0, 0.05) is 6.54 Å². The molecule has 3 rings (SSSR count). The van der Waals surface area contributed by atoms with Gasteiger partial charge in [-0.15, -0.1) is 11.6 Å². The van der Waals surface area contributed by atoms with E-state index in [1.807, 2.05) is 18.2 Å². The van der Waals surface area contributed by atoms with Gasteiger partial charge in [-0.2, -0.15) is 5.26 Å². The lowest BCUT2D eigenvalue weighted by Crippen LogP contribution is -2.23. The van der Waals surface area contributed by atoms with Crippen LogP contribution in [0.2, 0.25) is 0 Å². The van der Waals surface area contributed by atoms with E-state index in [0.717, 1.165) is 23.4 Å². The number of hydrogen-bond acceptors (Lipinski definition) is 2. The summed E-state index contributed by atoms with van der Waals surface area (Å²) in [7, 11) is 0. The highest BCUT2D eigenvalue weighted by Gasteiger charge is 2.33. The van der Waals surface area contributed by atoms with Crippen molar-refractivity contribution < 1.29 is 0 Å². The van der Waals surface area contributed by atoms with Crippen LogP contribution >= 0.6 is 11.6 Å². The summed E-state index contributed by atoms with van der Waals surface area (Å²) in [6, 6.07) is 7.90. The first kappa shape index (κ1) is 14.4. The van der Waals surface area contributed by atoms with Crippen molar-refractivity contribution in [3.8, 4) is 6.07 Å². The zero-order valence-corrected chi connectivity index (χ0v) is 13.2. The molecule has 0 saturated heterocycles. The lowest BCUT2D eigenvalue weighted by atomic mass is 9.83. The Balaban J connectivity index is 2.09. The highest BCUT2D eigenvalue weighted by Crippen LogP contribution is 2.43. The predicted octanol–water partition coefficient (Wildman–Crippen LogP) is 4.62. The molecule has 0 N–H and O–H groups in total. The van der Waals surface area contributed by atoms with Gasteiger partial charge in [-0.05, 0) is 42.9 Å². The van der Waals surface area contributed by atoms with Gasteiger partial charge in [-0.3, -0.25) is 0 Å². The lowest BCUT2D eigenvalue weighted by Gasteiger charge is -2.29. The maximum Gasteiger partial charge on any atom is 0.124 e. The molecular weight excluding hydrogens is 282 g/mol. The summed E-state index contributed by atoms with van der Waals surface area (Å²) in [6.45, 7) is 3.25. The second-order valence-electron chi connectivity index (χ2n) is 6.12. The molecule has 0 aliphatic heterocycles. The van der Waals surface area contributed by atoms with E-state index >= 15 is 0 Å². The Kier molecular flexibility index (Phi) is 3.91. The van der Waals surface area contributed by atoms with Gasteiger partial charge >= 0.3 is 0 Å². The Labute approximate surface area is 130 Å². The molecule has 1 saturated carbocycles. The molecule has 3 nitrogen and oxygen atoms in total. The standard InChI is InChI=1S/C17H20ClN3/c1-2-17(7-3-4-8-17)12-21-15-9-13(11-19)5-6-14(15)20-16(21)10-18/h5-6,9H,2-4,7-8,10,12H2,1H3. The first-order valence-electron chi connectivity index (χ1n) is 7.66. The number of nitrogens with zero attached hydrogens (tertiary/aromatic N) is 3. The largest absolute Gasteiger partial charge is 0.326 e. The van der Waals surface area contributed by atoms with Crippen LogP contribution < -0.4 is 0 Å². The van der Waals surface area contributed by atoms with E-state index < -0.39 is 0 Å². The van der Waals surface area contributed by atoms with Crippen molar-refractivity contribution >= 4 is 22.6 Å². The molecule has 0 bridgehead atoms. The topological polar surface area (TPSA) is 41.6 Å². The molecule has 4 heteroatoms. The van der Waals surface area contributed by atoms with Gasteiger partial charge in [0.25, 0.3) is 0 Å². The number of fused-ring (bicyclic) bond motifs is 1. The fraction of sp³-hybridized carbons (Fsp3) is 0.529. The van der Waals surface area contributed by atoms with Gasteiger partial charge in [0.2, 0.25) is 0 Å². The highest BCUT2D eigenvalue weighted by atomic mass is 35.5. The quantitative estimate of drug-likeness (QED) is 0.773. The second-order valence-corrected chi connectivity index (χ2v) is 6.39. The smallest absolute Gasteiger partial charge is 0.124 e. The highest BCUT2D eigenvalue weighted by molar-refractivity contribution is 6.16. The minimum Gasteiger partial charge on any atom is -0.326 e. The Morgan fingerprint density at radius 1 is 1.38 bits per heavy atom. The van der Waals surface area contributed by atoms with Gasteiger partial charge in [0.05, 0.1) is 28.5 Å². The molecule has 0 amide bonds. The molecule has 1 aromatic carbocycles. The molecule has 0 unspecified atom stereocenters. The van der Waals surface area contributed by atoms with Crippen molar-refractivity contribution in [3.63, 3.8) is 0 Å². The number of hydrogen-bond donors (Lipinski definition) is 0. The van der Waals surface area contributed by atoms with Crippen molar-refractivity contribution in [1.29, 1.82) is 5.26 Å². The monoisotopic (exact) mass is 301 g/mol. The number of halogens is 1. The third-order valence-electron chi connectivity index (χ3n) is 4.98. The van der Waals surface area contributed by atoms with E-state index in [9.17, 15) is 0 Å². The van der Waals surface area contributed by atoms with Gasteiger partial charge in [-0.1, -0.05) is 19.8 Å². The third-order valence-corrected chi connectivity index (χ3v) is 5.22. The fourth-order valence-electron chi connectivity index (χ4n) is 3.60. The Hall–Kier alpha value is -1.53. The van der Waals surface area contributed by atoms with Crippen molar-refractivity contribution in [3.05, 3.63) is 29.6 Å². The zero-order valence-electron chi connectivity index (χ0n) is 12.4. The van der Waals surface area contributed by atoms with Crippen LogP contribution in [-0.2, 0) is 12.4 Å². The minimum atomic E-state index is 0.372. The van der Waals surface area contributed by atoms with Gasteiger partial charge in [0.15, 0.2) is 0 Å². The van der Waals surface area contributed by atoms with Crippen LogP contribution in [0.5, 0.6) is 0 Å². The fourth-order valence-corrected chi connectivity index (χ4v) is 3.81. The number of alkyl halides is 1. The van der Waals surface area contributed by atoms with Gasteiger partial charge < -0.3 is 4.57 Å². The van der Waals surface area contributed by atoms with Crippen LogP contribution in [-0.4, -0.2) is 9.55 Å². The summed E-state index contributed by atoms with van der Waals surface area (Å²) in [5, 5.41) is 9.13. The molecule has 1 aliphatic carbocycles. The molecule has 1 aromatic heterocycles. The molecule has 0 spiro atoms. The van der Waals surface area contributed by atoms with Crippen molar-refractivity contribution in [2.75, 3.05) is 0 Å². The summed E-state index contributed by atoms with van der Waals surface area (Å²) < 4.78 is 2.25. The summed E-state index contributed by atoms with van der Waals surface area (Å²) in [6.07, 6.45) is 6.39. The second kappa shape index (κ2) is 5.69. The molecule has 21 heavy (non-hydrogen) atoms. The Morgan fingerprint density at radius 3 is 2.76 bits per heavy atom. The first-order chi connectivity index (χ1) is 10.2. The predicted molar refractivity (Wildman–Crippen MR) is 85.2 cm³/mol. The van der Waals surface area contributed by atoms with Crippen molar-refractivity contribution in [1.82, 2.24) is 9.55 Å². The Bertz CT molecular complexity index is 690. The number of benzene rings is 1. The molecule has 0 atom stereocenters. The van der Waals surface area contributed by atoms with E-state index in [1.165, 1.54) is 32.1 Å². The summed E-state index contributed by atoms with van der Waals surface area (Å²) in [5.74, 6) is 1.33.